The molecule has 0 atom stereocenters. The molecule has 1 amide bonds. The topological polar surface area (TPSA) is 88.6 Å². The Morgan fingerprint density at radius 2 is 1.69 bits per heavy atom. The van der Waals surface area contributed by atoms with Gasteiger partial charge >= 0.3 is 0 Å². The fourth-order valence-electron chi connectivity index (χ4n) is 4.77. The third-order valence-corrected chi connectivity index (χ3v) is 8.60. The van der Waals surface area contributed by atoms with E-state index in [9.17, 15) is 13.2 Å². The number of fused-ring (bicyclic) bond motifs is 1. The van der Waals surface area contributed by atoms with E-state index in [0.29, 0.717) is 44.1 Å². The Morgan fingerprint density at radius 3 is 2.43 bits per heavy atom. The number of ether oxygens (including phenoxy) is 3. The number of hydrogen-bond donors (Lipinski definition) is 0. The first-order valence-electron chi connectivity index (χ1n) is 12.1. The fourth-order valence-corrected chi connectivity index (χ4v) is 6.45. The number of hydrogen-bond acceptors (Lipinski definition) is 7. The molecular formula is C25H31N3O6S. The SMILES string of the molecule is CCOc1ccc(C(=O)N2CCN(Cc3ccc4c(c3)OCO4)CC2)cc1S(=O)(=O)N1CCCC1. The normalized spacial score (nSPS) is 18.7. The van der Waals surface area contributed by atoms with E-state index in [4.69, 9.17) is 14.2 Å². The predicted octanol–water partition coefficient (Wildman–Crippen LogP) is 2.56. The lowest BCUT2D eigenvalue weighted by molar-refractivity contribution is 0.0628. The van der Waals surface area contributed by atoms with Crippen LogP contribution >= 0.6 is 0 Å². The monoisotopic (exact) mass is 501 g/mol. The van der Waals surface area contributed by atoms with E-state index < -0.39 is 10.0 Å². The number of nitrogens with zero attached hydrogens (tertiary/aromatic N) is 3. The molecule has 10 heteroatoms. The number of benzene rings is 2. The van der Waals surface area contributed by atoms with E-state index in [1.165, 1.54) is 10.4 Å². The summed E-state index contributed by atoms with van der Waals surface area (Å²) in [6, 6.07) is 10.7. The highest BCUT2D eigenvalue weighted by atomic mass is 32.2. The molecule has 2 saturated heterocycles. The molecule has 3 heterocycles. The van der Waals surface area contributed by atoms with Crippen LogP contribution in [0.15, 0.2) is 41.3 Å². The van der Waals surface area contributed by atoms with Crippen LogP contribution in [-0.2, 0) is 16.6 Å². The number of rotatable bonds is 7. The predicted molar refractivity (Wildman–Crippen MR) is 129 cm³/mol. The Kier molecular flexibility index (Phi) is 6.86. The molecule has 188 valence electrons. The Balaban J connectivity index is 1.26. The molecule has 0 aromatic heterocycles. The van der Waals surface area contributed by atoms with E-state index in [1.807, 2.05) is 25.1 Å². The summed E-state index contributed by atoms with van der Waals surface area (Å²) in [5, 5.41) is 0. The van der Waals surface area contributed by atoms with Crippen molar-refractivity contribution in [2.24, 2.45) is 0 Å². The zero-order chi connectivity index (χ0) is 24.4. The van der Waals surface area contributed by atoms with Gasteiger partial charge in [-0.3, -0.25) is 9.69 Å². The summed E-state index contributed by atoms with van der Waals surface area (Å²) < 4.78 is 44.5. The molecule has 0 unspecified atom stereocenters. The largest absolute Gasteiger partial charge is 0.492 e. The average Bonchev–Trinajstić information content (AvgIpc) is 3.57. The van der Waals surface area contributed by atoms with Crippen molar-refractivity contribution in [3.05, 3.63) is 47.5 Å². The Labute approximate surface area is 206 Å². The minimum absolute atomic E-state index is 0.0774. The zero-order valence-corrected chi connectivity index (χ0v) is 20.8. The molecule has 3 aliphatic heterocycles. The second kappa shape index (κ2) is 10.0. The van der Waals surface area contributed by atoms with Crippen molar-refractivity contribution in [3.8, 4) is 17.2 Å². The molecule has 2 fully saturated rings. The second-order valence-electron chi connectivity index (χ2n) is 8.96. The molecule has 2 aromatic rings. The lowest BCUT2D eigenvalue weighted by Crippen LogP contribution is -2.48. The van der Waals surface area contributed by atoms with Gasteiger partial charge in [-0.05, 0) is 55.7 Å². The highest BCUT2D eigenvalue weighted by Gasteiger charge is 2.32. The van der Waals surface area contributed by atoms with Crippen LogP contribution in [0.4, 0.5) is 0 Å². The Bertz CT molecular complexity index is 1190. The summed E-state index contributed by atoms with van der Waals surface area (Å²) in [5.41, 5.74) is 1.51. The first-order chi connectivity index (χ1) is 17.0. The maximum absolute atomic E-state index is 13.3. The maximum Gasteiger partial charge on any atom is 0.253 e. The second-order valence-corrected chi connectivity index (χ2v) is 10.9. The van der Waals surface area contributed by atoms with Gasteiger partial charge in [-0.25, -0.2) is 8.42 Å². The van der Waals surface area contributed by atoms with Gasteiger partial charge in [-0.15, -0.1) is 0 Å². The smallest absolute Gasteiger partial charge is 0.253 e. The molecule has 0 spiro atoms. The first kappa shape index (κ1) is 23.9. The van der Waals surface area contributed by atoms with Crippen LogP contribution in [-0.4, -0.2) is 81.1 Å². The quantitative estimate of drug-likeness (QED) is 0.576. The van der Waals surface area contributed by atoms with Crippen LogP contribution in [0.25, 0.3) is 0 Å². The molecule has 0 N–H and O–H groups in total. The summed E-state index contributed by atoms with van der Waals surface area (Å²) in [6.45, 7) is 6.79. The van der Waals surface area contributed by atoms with Gasteiger partial charge in [-0.2, -0.15) is 4.31 Å². The lowest BCUT2D eigenvalue weighted by atomic mass is 10.1. The number of carbonyl (C=O) groups is 1. The van der Waals surface area contributed by atoms with Gasteiger partial charge in [0.2, 0.25) is 16.8 Å². The minimum atomic E-state index is -3.72. The van der Waals surface area contributed by atoms with Gasteiger partial charge in [0.25, 0.3) is 5.91 Å². The maximum atomic E-state index is 13.3. The van der Waals surface area contributed by atoms with Crippen LogP contribution in [0, 0.1) is 0 Å². The van der Waals surface area contributed by atoms with Crippen molar-refractivity contribution < 1.29 is 27.4 Å². The summed E-state index contributed by atoms with van der Waals surface area (Å²) in [4.78, 5) is 17.5. The van der Waals surface area contributed by atoms with E-state index in [0.717, 1.165) is 49.5 Å². The summed E-state index contributed by atoms with van der Waals surface area (Å²) in [7, 11) is -3.72. The molecule has 3 aliphatic rings. The van der Waals surface area contributed by atoms with Crippen LogP contribution in [0.5, 0.6) is 17.2 Å². The van der Waals surface area contributed by atoms with E-state index in [1.54, 1.807) is 17.0 Å². The summed E-state index contributed by atoms with van der Waals surface area (Å²) >= 11 is 0. The van der Waals surface area contributed by atoms with Gasteiger partial charge in [0.05, 0.1) is 6.61 Å². The number of carbonyl (C=O) groups excluding carboxylic acids is 1. The van der Waals surface area contributed by atoms with Crippen molar-refractivity contribution in [1.29, 1.82) is 0 Å². The van der Waals surface area contributed by atoms with Crippen molar-refractivity contribution in [2.75, 3.05) is 52.7 Å². The number of amides is 1. The lowest BCUT2D eigenvalue weighted by Gasteiger charge is -2.35. The van der Waals surface area contributed by atoms with E-state index in [2.05, 4.69) is 4.90 Å². The molecule has 0 saturated carbocycles. The number of sulfonamides is 1. The van der Waals surface area contributed by atoms with Crippen LogP contribution in [0.2, 0.25) is 0 Å². The minimum Gasteiger partial charge on any atom is -0.492 e. The molecule has 0 aliphatic carbocycles. The summed E-state index contributed by atoms with van der Waals surface area (Å²) in [5.74, 6) is 1.68. The molecule has 35 heavy (non-hydrogen) atoms. The van der Waals surface area contributed by atoms with Crippen LogP contribution in [0.1, 0.15) is 35.7 Å². The first-order valence-corrected chi connectivity index (χ1v) is 13.6. The fraction of sp³-hybridized carbons (Fsp3) is 0.480. The van der Waals surface area contributed by atoms with Crippen molar-refractivity contribution >= 4 is 15.9 Å². The van der Waals surface area contributed by atoms with Gasteiger partial charge < -0.3 is 19.1 Å². The van der Waals surface area contributed by atoms with Crippen LogP contribution in [0.3, 0.4) is 0 Å². The highest BCUT2D eigenvalue weighted by Crippen LogP contribution is 2.33. The third-order valence-electron chi connectivity index (χ3n) is 6.68. The summed E-state index contributed by atoms with van der Waals surface area (Å²) in [6.07, 6.45) is 1.69. The zero-order valence-electron chi connectivity index (χ0n) is 19.9. The molecule has 9 nitrogen and oxygen atoms in total. The van der Waals surface area contributed by atoms with Gasteiger partial charge in [0, 0.05) is 51.4 Å². The average molecular weight is 502 g/mol. The molecule has 5 rings (SSSR count). The van der Waals surface area contributed by atoms with Gasteiger partial charge in [-0.1, -0.05) is 6.07 Å². The molecular weight excluding hydrogens is 470 g/mol. The van der Waals surface area contributed by atoms with Crippen molar-refractivity contribution in [1.82, 2.24) is 14.1 Å². The molecule has 0 bridgehead atoms. The standard InChI is InChI=1S/C25H31N3O6S/c1-2-32-22-8-6-20(16-24(22)35(30,31)28-9-3-4-10-28)25(29)27-13-11-26(12-14-27)17-19-5-7-21-23(15-19)34-18-33-21/h5-8,15-16H,2-4,9-14,17-18H2,1H3. The van der Waals surface area contributed by atoms with E-state index >= 15 is 0 Å². The molecule has 0 radical (unpaired) electrons. The van der Waals surface area contributed by atoms with Gasteiger partial charge in [0.1, 0.15) is 10.6 Å². The van der Waals surface area contributed by atoms with E-state index in [-0.39, 0.29) is 17.6 Å². The third kappa shape index (κ3) is 4.96. The Hall–Kier alpha value is -2.82. The number of piperazine rings is 1. The Morgan fingerprint density at radius 1 is 0.943 bits per heavy atom. The van der Waals surface area contributed by atoms with Crippen molar-refractivity contribution in [2.45, 2.75) is 31.2 Å². The highest BCUT2D eigenvalue weighted by molar-refractivity contribution is 7.89. The van der Waals surface area contributed by atoms with Crippen molar-refractivity contribution in [3.63, 3.8) is 0 Å². The van der Waals surface area contributed by atoms with Gasteiger partial charge in [0.15, 0.2) is 11.5 Å². The van der Waals surface area contributed by atoms with Crippen LogP contribution < -0.4 is 14.2 Å². The molecule has 2 aromatic carbocycles.